The van der Waals surface area contributed by atoms with Crippen molar-refractivity contribution in [1.82, 2.24) is 30.1 Å². The summed E-state index contributed by atoms with van der Waals surface area (Å²) in [5.41, 5.74) is 5.76. The summed E-state index contributed by atoms with van der Waals surface area (Å²) in [6.07, 6.45) is 9.08. The molecule has 0 fully saturated rings. The second-order valence-corrected chi connectivity index (χ2v) is 6.70. The molecule has 5 rings (SSSR count). The van der Waals surface area contributed by atoms with Crippen molar-refractivity contribution in [3.63, 3.8) is 0 Å². The van der Waals surface area contributed by atoms with E-state index in [-0.39, 0.29) is 5.91 Å². The largest absolute Gasteiger partial charge is 0.353 e. The van der Waals surface area contributed by atoms with Crippen molar-refractivity contribution >= 4 is 33.4 Å². The predicted molar refractivity (Wildman–Crippen MR) is 111 cm³/mol. The number of nitrogens with one attached hydrogen (secondary N) is 3. The topological polar surface area (TPSA) is 112 Å². The van der Waals surface area contributed by atoms with Gasteiger partial charge in [0.05, 0.1) is 35.0 Å². The molecule has 0 saturated heterocycles. The second kappa shape index (κ2) is 6.83. The van der Waals surface area contributed by atoms with Gasteiger partial charge < -0.3 is 10.3 Å². The summed E-state index contributed by atoms with van der Waals surface area (Å²) >= 11 is 0. The van der Waals surface area contributed by atoms with Crippen LogP contribution in [0.2, 0.25) is 0 Å². The quantitative estimate of drug-likeness (QED) is 0.435. The summed E-state index contributed by atoms with van der Waals surface area (Å²) < 4.78 is 0. The van der Waals surface area contributed by atoms with E-state index in [4.69, 9.17) is 0 Å². The van der Waals surface area contributed by atoms with Crippen LogP contribution in [0.4, 0.5) is 5.69 Å². The van der Waals surface area contributed by atoms with Gasteiger partial charge in [0.1, 0.15) is 5.69 Å². The van der Waals surface area contributed by atoms with Crippen molar-refractivity contribution < 1.29 is 4.79 Å². The highest BCUT2D eigenvalue weighted by Gasteiger charge is 2.13. The van der Waals surface area contributed by atoms with E-state index >= 15 is 0 Å². The highest BCUT2D eigenvalue weighted by Crippen LogP contribution is 2.30. The van der Waals surface area contributed by atoms with Crippen LogP contribution in [0.15, 0.2) is 55.2 Å². The molecule has 0 aromatic carbocycles. The average molecular weight is 383 g/mol. The molecule has 8 nitrogen and oxygen atoms in total. The van der Waals surface area contributed by atoms with E-state index in [0.29, 0.717) is 12.1 Å². The van der Waals surface area contributed by atoms with Crippen LogP contribution in [-0.4, -0.2) is 36.0 Å². The number of carbonyl (C=O) groups excluding carboxylic acids is 1. The number of hydrogen-bond acceptors (Lipinski definition) is 5. The van der Waals surface area contributed by atoms with E-state index in [2.05, 4.69) is 35.5 Å². The first-order valence-electron chi connectivity index (χ1n) is 9.24. The van der Waals surface area contributed by atoms with Crippen molar-refractivity contribution in [1.29, 1.82) is 0 Å². The zero-order valence-electron chi connectivity index (χ0n) is 15.6. The van der Waals surface area contributed by atoms with E-state index < -0.39 is 0 Å². The van der Waals surface area contributed by atoms with Crippen LogP contribution in [-0.2, 0) is 4.79 Å². The number of nitrogens with zero attached hydrogens (tertiary/aromatic N) is 4. The molecule has 0 bridgehead atoms. The summed E-state index contributed by atoms with van der Waals surface area (Å²) in [4.78, 5) is 28.0. The third kappa shape index (κ3) is 3.10. The lowest BCUT2D eigenvalue weighted by Gasteiger charge is -2.06. The minimum absolute atomic E-state index is 0.0576. The number of amides is 1. The molecule has 0 atom stereocenters. The minimum atomic E-state index is -0.0576. The molecule has 0 saturated carbocycles. The second-order valence-electron chi connectivity index (χ2n) is 6.70. The van der Waals surface area contributed by atoms with Crippen LogP contribution in [0.3, 0.4) is 0 Å². The van der Waals surface area contributed by atoms with Gasteiger partial charge in [-0.15, -0.1) is 0 Å². The standard InChI is InChI=1S/C21H17N7O/c1-2-20(29)25-14-5-12(9-23-10-14)17-7-15-19(11-24-17)27-28-21(15)18-6-13-8-22-4-3-16(13)26-18/h3-11,26H,2H2,1H3,(H,25,29)(H,27,28). The molecule has 0 radical (unpaired) electrons. The molecule has 5 heterocycles. The molecule has 3 N–H and O–H groups in total. The number of anilines is 1. The van der Waals surface area contributed by atoms with E-state index in [1.54, 1.807) is 24.8 Å². The monoisotopic (exact) mass is 383 g/mol. The first-order valence-corrected chi connectivity index (χ1v) is 9.24. The first-order chi connectivity index (χ1) is 14.2. The van der Waals surface area contributed by atoms with Gasteiger partial charge in [-0.3, -0.25) is 24.8 Å². The highest BCUT2D eigenvalue weighted by molar-refractivity contribution is 5.97. The van der Waals surface area contributed by atoms with Crippen molar-refractivity contribution in [3.8, 4) is 22.6 Å². The first kappa shape index (κ1) is 17.1. The molecule has 0 aliphatic heterocycles. The summed E-state index contributed by atoms with van der Waals surface area (Å²) in [6, 6.07) is 7.80. The Bertz CT molecular complexity index is 1320. The van der Waals surface area contributed by atoms with E-state index in [0.717, 1.165) is 44.5 Å². The Morgan fingerprint density at radius 1 is 1.07 bits per heavy atom. The molecular formula is C21H17N7O. The number of pyridine rings is 3. The molecule has 142 valence electrons. The number of fused-ring (bicyclic) bond motifs is 2. The summed E-state index contributed by atoms with van der Waals surface area (Å²) in [5.74, 6) is -0.0576. The molecule has 5 aromatic rings. The maximum Gasteiger partial charge on any atom is 0.224 e. The summed E-state index contributed by atoms with van der Waals surface area (Å²) in [6.45, 7) is 1.81. The van der Waals surface area contributed by atoms with Crippen LogP contribution >= 0.6 is 0 Å². The third-order valence-corrected chi connectivity index (χ3v) is 4.76. The number of carbonyl (C=O) groups is 1. The van der Waals surface area contributed by atoms with Gasteiger partial charge in [0.2, 0.25) is 5.91 Å². The third-order valence-electron chi connectivity index (χ3n) is 4.76. The summed E-state index contributed by atoms with van der Waals surface area (Å²) in [5, 5.41) is 12.3. The number of aromatic nitrogens is 6. The van der Waals surface area contributed by atoms with E-state index in [1.165, 1.54) is 0 Å². The molecule has 0 aliphatic rings. The maximum absolute atomic E-state index is 11.7. The van der Waals surface area contributed by atoms with Crippen molar-refractivity contribution in [2.75, 3.05) is 5.32 Å². The van der Waals surface area contributed by atoms with Crippen molar-refractivity contribution in [3.05, 3.63) is 55.2 Å². The fourth-order valence-electron chi connectivity index (χ4n) is 3.28. The Morgan fingerprint density at radius 3 is 2.86 bits per heavy atom. The molecular weight excluding hydrogens is 366 g/mol. The zero-order chi connectivity index (χ0) is 19.8. The smallest absolute Gasteiger partial charge is 0.224 e. The van der Waals surface area contributed by atoms with Crippen LogP contribution in [0.1, 0.15) is 13.3 Å². The lowest BCUT2D eigenvalue weighted by atomic mass is 10.1. The van der Waals surface area contributed by atoms with Gasteiger partial charge in [0, 0.05) is 46.9 Å². The Hall–Kier alpha value is -4.07. The fourth-order valence-corrected chi connectivity index (χ4v) is 3.28. The molecule has 29 heavy (non-hydrogen) atoms. The average Bonchev–Trinajstić information content (AvgIpc) is 3.37. The predicted octanol–water partition coefficient (Wildman–Crippen LogP) is 3.91. The zero-order valence-corrected chi connectivity index (χ0v) is 15.6. The minimum Gasteiger partial charge on any atom is -0.353 e. The van der Waals surface area contributed by atoms with Gasteiger partial charge >= 0.3 is 0 Å². The van der Waals surface area contributed by atoms with E-state index in [1.807, 2.05) is 37.4 Å². The SMILES string of the molecule is CCC(=O)Nc1cncc(-c2cc3c(-c4cc5cnccc5[nH]4)n[nH]c3cn2)c1. The molecule has 8 heteroatoms. The lowest BCUT2D eigenvalue weighted by molar-refractivity contribution is -0.115. The Labute approximate surface area is 165 Å². The number of H-pyrrole nitrogens is 2. The van der Waals surface area contributed by atoms with Crippen LogP contribution in [0.25, 0.3) is 44.5 Å². The molecule has 0 unspecified atom stereocenters. The number of rotatable bonds is 4. The van der Waals surface area contributed by atoms with Crippen molar-refractivity contribution in [2.45, 2.75) is 13.3 Å². The van der Waals surface area contributed by atoms with Gasteiger partial charge in [-0.2, -0.15) is 5.10 Å². The van der Waals surface area contributed by atoms with Crippen LogP contribution < -0.4 is 5.32 Å². The number of aromatic amines is 2. The van der Waals surface area contributed by atoms with Crippen molar-refractivity contribution in [2.24, 2.45) is 0 Å². The Kier molecular flexibility index (Phi) is 4.02. The Balaban J connectivity index is 1.58. The summed E-state index contributed by atoms with van der Waals surface area (Å²) in [7, 11) is 0. The van der Waals surface area contributed by atoms with Crippen LogP contribution in [0.5, 0.6) is 0 Å². The normalized spacial score (nSPS) is 11.2. The molecule has 0 spiro atoms. The molecule has 1 amide bonds. The van der Waals surface area contributed by atoms with Gasteiger partial charge in [-0.05, 0) is 24.3 Å². The van der Waals surface area contributed by atoms with Gasteiger partial charge in [-0.1, -0.05) is 6.92 Å². The fraction of sp³-hybridized carbons (Fsp3) is 0.0952. The lowest BCUT2D eigenvalue weighted by Crippen LogP contribution is -2.09. The van der Waals surface area contributed by atoms with Gasteiger partial charge in [0.15, 0.2) is 0 Å². The highest BCUT2D eigenvalue weighted by atomic mass is 16.1. The maximum atomic E-state index is 11.7. The Morgan fingerprint density at radius 2 is 2.00 bits per heavy atom. The van der Waals surface area contributed by atoms with Gasteiger partial charge in [-0.25, -0.2) is 0 Å². The van der Waals surface area contributed by atoms with E-state index in [9.17, 15) is 4.79 Å². The van der Waals surface area contributed by atoms with Gasteiger partial charge in [0.25, 0.3) is 0 Å². The number of hydrogen-bond donors (Lipinski definition) is 3. The molecule has 0 aliphatic carbocycles. The van der Waals surface area contributed by atoms with Crippen LogP contribution in [0, 0.1) is 0 Å². The molecule has 5 aromatic heterocycles.